The number of aryl methyl sites for hydroxylation is 1. The summed E-state index contributed by atoms with van der Waals surface area (Å²) < 4.78 is 0. The molecule has 0 aliphatic rings. The van der Waals surface area contributed by atoms with Gasteiger partial charge in [-0.1, -0.05) is 50.2 Å². The summed E-state index contributed by atoms with van der Waals surface area (Å²) in [6.45, 7) is 8.27. The third-order valence-corrected chi connectivity index (χ3v) is 5.18. The summed E-state index contributed by atoms with van der Waals surface area (Å²) in [4.78, 5) is 24.1. The van der Waals surface area contributed by atoms with Crippen molar-refractivity contribution in [2.24, 2.45) is 0 Å². The van der Waals surface area contributed by atoms with Crippen LogP contribution in [0.1, 0.15) is 49.4 Å². The highest BCUT2D eigenvalue weighted by molar-refractivity contribution is 8.00. The summed E-state index contributed by atoms with van der Waals surface area (Å²) in [6, 6.07) is 15.9. The lowest BCUT2D eigenvalue weighted by Crippen LogP contribution is -2.28. The first kappa shape index (κ1) is 21.0. The van der Waals surface area contributed by atoms with Crippen molar-refractivity contribution in [3.63, 3.8) is 0 Å². The minimum Gasteiger partial charge on any atom is -0.349 e. The van der Waals surface area contributed by atoms with Gasteiger partial charge >= 0.3 is 0 Å². The summed E-state index contributed by atoms with van der Waals surface area (Å²) in [5.41, 5.74) is 4.24. The van der Waals surface area contributed by atoms with E-state index in [0.29, 0.717) is 5.92 Å². The first-order chi connectivity index (χ1) is 12.8. The first-order valence-electron chi connectivity index (χ1n) is 9.18. The van der Waals surface area contributed by atoms with Crippen LogP contribution < -0.4 is 10.6 Å². The van der Waals surface area contributed by atoms with Crippen LogP contribution >= 0.6 is 11.8 Å². The summed E-state index contributed by atoms with van der Waals surface area (Å²) in [5.74, 6) is 0.833. The molecule has 2 rings (SSSR count). The molecular formula is C22H28N2O2S. The molecule has 1 atom stereocenters. The minimum atomic E-state index is -0.101. The second-order valence-corrected chi connectivity index (χ2v) is 8.01. The zero-order valence-electron chi connectivity index (χ0n) is 16.4. The van der Waals surface area contributed by atoms with Gasteiger partial charge in [-0.2, -0.15) is 0 Å². The summed E-state index contributed by atoms with van der Waals surface area (Å²) in [7, 11) is 0. The molecule has 0 aliphatic carbocycles. The number of hydrogen-bond donors (Lipinski definition) is 2. The molecular weight excluding hydrogens is 356 g/mol. The van der Waals surface area contributed by atoms with Gasteiger partial charge < -0.3 is 10.6 Å². The molecule has 0 saturated heterocycles. The van der Waals surface area contributed by atoms with Crippen LogP contribution in [0, 0.1) is 6.92 Å². The zero-order valence-corrected chi connectivity index (χ0v) is 17.2. The van der Waals surface area contributed by atoms with Crippen molar-refractivity contribution >= 4 is 29.3 Å². The van der Waals surface area contributed by atoms with Crippen LogP contribution in [0.3, 0.4) is 0 Å². The Morgan fingerprint density at radius 3 is 2.19 bits per heavy atom. The molecule has 1 unspecified atom stereocenters. The monoisotopic (exact) mass is 384 g/mol. The zero-order chi connectivity index (χ0) is 19.8. The predicted molar refractivity (Wildman–Crippen MR) is 114 cm³/mol. The van der Waals surface area contributed by atoms with Crippen LogP contribution in [0.25, 0.3) is 0 Å². The highest BCUT2D eigenvalue weighted by Gasteiger charge is 2.11. The highest BCUT2D eigenvalue weighted by Crippen LogP contribution is 2.18. The van der Waals surface area contributed by atoms with Crippen LogP contribution in [0.15, 0.2) is 48.5 Å². The molecule has 5 heteroatoms. The van der Waals surface area contributed by atoms with Crippen molar-refractivity contribution < 1.29 is 9.59 Å². The van der Waals surface area contributed by atoms with E-state index in [4.69, 9.17) is 0 Å². The van der Waals surface area contributed by atoms with Crippen LogP contribution in [0.2, 0.25) is 0 Å². The Morgan fingerprint density at radius 1 is 0.926 bits per heavy atom. The van der Waals surface area contributed by atoms with E-state index in [1.54, 1.807) is 0 Å². The van der Waals surface area contributed by atoms with Crippen molar-refractivity contribution in [2.45, 2.75) is 39.7 Å². The second kappa shape index (κ2) is 10.2. The Balaban J connectivity index is 1.72. The molecule has 0 fully saturated rings. The van der Waals surface area contributed by atoms with E-state index in [-0.39, 0.29) is 29.4 Å². The van der Waals surface area contributed by atoms with E-state index < -0.39 is 0 Å². The number of thioether (sulfide) groups is 1. The van der Waals surface area contributed by atoms with E-state index in [0.717, 1.165) is 16.8 Å². The number of carbonyl (C=O) groups is 2. The number of rotatable bonds is 8. The Labute approximate surface area is 166 Å². The molecule has 27 heavy (non-hydrogen) atoms. The van der Waals surface area contributed by atoms with Crippen molar-refractivity contribution in [2.75, 3.05) is 16.8 Å². The van der Waals surface area contributed by atoms with Gasteiger partial charge in [-0.15, -0.1) is 11.8 Å². The third kappa shape index (κ3) is 7.10. The summed E-state index contributed by atoms with van der Waals surface area (Å²) >= 11 is 1.31. The van der Waals surface area contributed by atoms with Crippen LogP contribution in [0.4, 0.5) is 5.69 Å². The molecule has 2 aromatic rings. The molecule has 0 bridgehead atoms. The number of hydrogen-bond acceptors (Lipinski definition) is 3. The number of anilines is 1. The van der Waals surface area contributed by atoms with Gasteiger partial charge in [0.2, 0.25) is 11.8 Å². The average Bonchev–Trinajstić information content (AvgIpc) is 2.61. The molecule has 0 saturated carbocycles. The number of benzene rings is 2. The van der Waals surface area contributed by atoms with Crippen molar-refractivity contribution in [1.82, 2.24) is 5.32 Å². The molecule has 0 heterocycles. The third-order valence-electron chi connectivity index (χ3n) is 4.25. The largest absolute Gasteiger partial charge is 0.349 e. The lowest BCUT2D eigenvalue weighted by atomic mass is 10.00. The van der Waals surface area contributed by atoms with Crippen molar-refractivity contribution in [3.05, 3.63) is 65.2 Å². The fraction of sp³-hybridized carbons (Fsp3) is 0.364. The van der Waals surface area contributed by atoms with Crippen molar-refractivity contribution in [3.8, 4) is 0 Å². The second-order valence-electron chi connectivity index (χ2n) is 7.02. The van der Waals surface area contributed by atoms with Gasteiger partial charge in [-0.3, -0.25) is 9.59 Å². The maximum Gasteiger partial charge on any atom is 0.234 e. The Kier molecular flexibility index (Phi) is 7.92. The minimum absolute atomic E-state index is 0.0552. The molecule has 0 radical (unpaired) electrons. The van der Waals surface area contributed by atoms with Gasteiger partial charge in [0.15, 0.2) is 0 Å². The fourth-order valence-electron chi connectivity index (χ4n) is 2.69. The van der Waals surface area contributed by atoms with E-state index in [2.05, 4.69) is 48.7 Å². The topological polar surface area (TPSA) is 58.2 Å². The number of nitrogens with one attached hydrogen (secondary N) is 2. The van der Waals surface area contributed by atoms with E-state index in [9.17, 15) is 9.59 Å². The predicted octanol–water partition coefficient (Wildman–Crippen LogP) is 4.67. The average molecular weight is 385 g/mol. The SMILES string of the molecule is Cc1cccc(NC(=O)CSCC(=O)NC(C)c2ccc(C(C)C)cc2)c1. The van der Waals surface area contributed by atoms with E-state index in [1.807, 2.05) is 38.1 Å². The standard InChI is InChI=1S/C22H28N2O2S/c1-15(2)18-8-10-19(11-9-18)17(4)23-21(25)13-27-14-22(26)24-20-7-5-6-16(3)12-20/h5-12,15,17H,13-14H2,1-4H3,(H,23,25)(H,24,26). The molecule has 2 aromatic carbocycles. The lowest BCUT2D eigenvalue weighted by Gasteiger charge is -2.15. The number of amides is 2. The normalized spacial score (nSPS) is 11.9. The van der Waals surface area contributed by atoms with E-state index >= 15 is 0 Å². The van der Waals surface area contributed by atoms with Gasteiger partial charge in [-0.25, -0.2) is 0 Å². The summed E-state index contributed by atoms with van der Waals surface area (Å²) in [6.07, 6.45) is 0. The number of carbonyl (C=O) groups excluding carboxylic acids is 2. The van der Waals surface area contributed by atoms with Gasteiger partial charge in [0.05, 0.1) is 17.5 Å². The van der Waals surface area contributed by atoms with Crippen LogP contribution in [-0.2, 0) is 9.59 Å². The molecule has 0 aliphatic heterocycles. The van der Waals surface area contributed by atoms with Gasteiger partial charge in [0.25, 0.3) is 0 Å². The Morgan fingerprint density at radius 2 is 1.56 bits per heavy atom. The van der Waals surface area contributed by atoms with Gasteiger partial charge in [0.1, 0.15) is 0 Å². The maximum atomic E-state index is 12.1. The summed E-state index contributed by atoms with van der Waals surface area (Å²) in [5, 5.41) is 5.83. The molecule has 144 valence electrons. The van der Waals surface area contributed by atoms with Gasteiger partial charge in [-0.05, 0) is 48.6 Å². The quantitative estimate of drug-likeness (QED) is 0.695. The highest BCUT2D eigenvalue weighted by atomic mass is 32.2. The van der Waals surface area contributed by atoms with Crippen LogP contribution in [-0.4, -0.2) is 23.3 Å². The smallest absolute Gasteiger partial charge is 0.234 e. The molecule has 2 N–H and O–H groups in total. The molecule has 0 aromatic heterocycles. The van der Waals surface area contributed by atoms with Gasteiger partial charge in [0, 0.05) is 5.69 Å². The Hall–Kier alpha value is -2.27. The molecule has 0 spiro atoms. The maximum absolute atomic E-state index is 12.1. The molecule has 4 nitrogen and oxygen atoms in total. The van der Waals surface area contributed by atoms with Crippen molar-refractivity contribution in [1.29, 1.82) is 0 Å². The lowest BCUT2D eigenvalue weighted by molar-refractivity contribution is -0.119. The molecule has 2 amide bonds. The van der Waals surface area contributed by atoms with E-state index in [1.165, 1.54) is 17.3 Å². The Bertz CT molecular complexity index is 772. The fourth-order valence-corrected chi connectivity index (χ4v) is 3.32. The first-order valence-corrected chi connectivity index (χ1v) is 10.3. The van der Waals surface area contributed by atoms with Crippen LogP contribution in [0.5, 0.6) is 0 Å².